The summed E-state index contributed by atoms with van der Waals surface area (Å²) in [7, 11) is 0. The Morgan fingerprint density at radius 3 is 2.41 bits per heavy atom. The van der Waals surface area contributed by atoms with E-state index in [0.29, 0.717) is 37.9 Å². The summed E-state index contributed by atoms with van der Waals surface area (Å²) < 4.78 is 44.4. The van der Waals surface area contributed by atoms with Crippen molar-refractivity contribution in [3.63, 3.8) is 0 Å². The molecule has 9 heteroatoms. The SMILES string of the molecule is CCC(CC(C(=O)N1CC=C(c2cc(C(F)(F)F)ccn2)CC1)C(C)C)NC(=O)OC(C)(C)C. The number of nitrogens with zero attached hydrogens (tertiary/aromatic N) is 2. The number of alkyl carbamates (subject to hydrolysis) is 1. The van der Waals surface area contributed by atoms with Crippen LogP contribution in [0.2, 0.25) is 0 Å². The maximum absolute atomic E-state index is 13.3. The molecule has 1 N–H and O–H groups in total. The van der Waals surface area contributed by atoms with E-state index in [1.54, 1.807) is 31.7 Å². The van der Waals surface area contributed by atoms with Crippen molar-refractivity contribution >= 4 is 17.6 Å². The monoisotopic (exact) mass is 483 g/mol. The summed E-state index contributed by atoms with van der Waals surface area (Å²) in [5.74, 6) is -0.272. The number of carbonyl (C=O) groups excluding carboxylic acids is 2. The standard InChI is InChI=1S/C25H36F3N3O3/c1-7-19(30-23(33)34-24(4,5)6)15-20(16(2)3)22(32)31-12-9-17(10-13-31)21-14-18(8-11-29-21)25(26,27)28/h8-9,11,14,16,19-20H,7,10,12-13,15H2,1-6H3,(H,30,33). The first kappa shape index (κ1) is 27.7. The maximum Gasteiger partial charge on any atom is 0.416 e. The van der Waals surface area contributed by atoms with Crippen LogP contribution in [-0.4, -0.2) is 46.6 Å². The predicted molar refractivity (Wildman–Crippen MR) is 125 cm³/mol. The number of aromatic nitrogens is 1. The van der Waals surface area contributed by atoms with Gasteiger partial charge in [-0.2, -0.15) is 13.2 Å². The molecule has 2 unspecified atom stereocenters. The quantitative estimate of drug-likeness (QED) is 0.542. The Hall–Kier alpha value is -2.58. The lowest BCUT2D eigenvalue weighted by Crippen LogP contribution is -2.45. The lowest BCUT2D eigenvalue weighted by atomic mass is 9.86. The topological polar surface area (TPSA) is 71.5 Å². The number of carbonyl (C=O) groups is 2. The Morgan fingerprint density at radius 2 is 1.91 bits per heavy atom. The van der Waals surface area contributed by atoms with Gasteiger partial charge in [-0.25, -0.2) is 4.79 Å². The van der Waals surface area contributed by atoms with Crippen molar-refractivity contribution in [2.24, 2.45) is 11.8 Å². The number of nitrogens with one attached hydrogen (secondary N) is 1. The molecule has 2 rings (SSSR count). The normalized spacial score (nSPS) is 16.6. The molecule has 190 valence electrons. The third kappa shape index (κ3) is 8.02. The molecule has 34 heavy (non-hydrogen) atoms. The van der Waals surface area contributed by atoms with Crippen LogP contribution in [-0.2, 0) is 15.7 Å². The van der Waals surface area contributed by atoms with E-state index in [-0.39, 0.29) is 29.5 Å². The minimum absolute atomic E-state index is 0.0215. The van der Waals surface area contributed by atoms with Crippen molar-refractivity contribution in [1.29, 1.82) is 0 Å². The first-order valence-corrected chi connectivity index (χ1v) is 11.7. The van der Waals surface area contributed by atoms with E-state index in [9.17, 15) is 22.8 Å². The molecule has 0 bridgehead atoms. The average Bonchev–Trinajstić information content (AvgIpc) is 2.74. The second-order valence-corrected chi connectivity index (χ2v) is 10.0. The minimum Gasteiger partial charge on any atom is -0.444 e. The molecule has 2 heterocycles. The molecule has 0 spiro atoms. The van der Waals surface area contributed by atoms with Crippen LogP contribution in [0.5, 0.6) is 0 Å². The van der Waals surface area contributed by atoms with Gasteiger partial charge in [-0.1, -0.05) is 26.8 Å². The molecule has 0 saturated heterocycles. The highest BCUT2D eigenvalue weighted by Gasteiger charge is 2.33. The van der Waals surface area contributed by atoms with Crippen LogP contribution < -0.4 is 5.32 Å². The molecule has 0 radical (unpaired) electrons. The van der Waals surface area contributed by atoms with Crippen molar-refractivity contribution in [3.05, 3.63) is 35.7 Å². The van der Waals surface area contributed by atoms with Crippen molar-refractivity contribution in [3.8, 4) is 0 Å². The van der Waals surface area contributed by atoms with Gasteiger partial charge in [0.15, 0.2) is 0 Å². The van der Waals surface area contributed by atoms with Crippen molar-refractivity contribution < 1.29 is 27.5 Å². The maximum atomic E-state index is 13.3. The zero-order valence-electron chi connectivity index (χ0n) is 20.8. The van der Waals surface area contributed by atoms with Crippen LogP contribution in [0, 0.1) is 11.8 Å². The van der Waals surface area contributed by atoms with Crippen molar-refractivity contribution in [2.75, 3.05) is 13.1 Å². The molecule has 2 amide bonds. The van der Waals surface area contributed by atoms with E-state index in [0.717, 1.165) is 18.3 Å². The summed E-state index contributed by atoms with van der Waals surface area (Å²) in [4.78, 5) is 31.3. The van der Waals surface area contributed by atoms with Gasteiger partial charge in [-0.05, 0) is 63.7 Å². The molecule has 0 saturated carbocycles. The Bertz CT molecular complexity index is 891. The van der Waals surface area contributed by atoms with Gasteiger partial charge >= 0.3 is 12.3 Å². The largest absolute Gasteiger partial charge is 0.444 e. The summed E-state index contributed by atoms with van der Waals surface area (Å²) in [6, 6.07) is 1.79. The second-order valence-electron chi connectivity index (χ2n) is 10.0. The molecule has 1 aromatic heterocycles. The van der Waals surface area contributed by atoms with E-state index >= 15 is 0 Å². The smallest absolute Gasteiger partial charge is 0.416 e. The predicted octanol–water partition coefficient (Wildman–Crippen LogP) is 5.68. The highest BCUT2D eigenvalue weighted by Crippen LogP contribution is 2.32. The van der Waals surface area contributed by atoms with Crippen LogP contribution in [0.4, 0.5) is 18.0 Å². The second kappa shape index (κ2) is 11.2. The van der Waals surface area contributed by atoms with E-state index < -0.39 is 23.4 Å². The molecular formula is C25H36F3N3O3. The van der Waals surface area contributed by atoms with Crippen LogP contribution in [0.3, 0.4) is 0 Å². The van der Waals surface area contributed by atoms with Gasteiger partial charge in [0.25, 0.3) is 0 Å². The molecule has 1 aliphatic heterocycles. The number of rotatable bonds is 7. The Balaban J connectivity index is 2.07. The van der Waals surface area contributed by atoms with Gasteiger partial charge in [-0.15, -0.1) is 0 Å². The summed E-state index contributed by atoms with van der Waals surface area (Å²) in [5.41, 5.74) is -0.355. The van der Waals surface area contributed by atoms with Crippen LogP contribution in [0.1, 0.15) is 72.1 Å². The number of amides is 2. The van der Waals surface area contributed by atoms with Crippen molar-refractivity contribution in [1.82, 2.24) is 15.2 Å². The molecule has 0 aromatic carbocycles. The van der Waals surface area contributed by atoms with Gasteiger partial charge in [0, 0.05) is 31.2 Å². The van der Waals surface area contributed by atoms with Gasteiger partial charge in [-0.3, -0.25) is 9.78 Å². The molecule has 1 aromatic rings. The fourth-order valence-corrected chi connectivity index (χ4v) is 3.89. The fraction of sp³-hybridized carbons (Fsp3) is 0.640. The van der Waals surface area contributed by atoms with E-state index in [2.05, 4.69) is 10.3 Å². The molecule has 0 fully saturated rings. The lowest BCUT2D eigenvalue weighted by molar-refractivity contribution is -0.138. The van der Waals surface area contributed by atoms with E-state index in [1.807, 2.05) is 20.8 Å². The van der Waals surface area contributed by atoms with Crippen molar-refractivity contribution in [2.45, 2.75) is 78.6 Å². The molecule has 0 aliphatic carbocycles. The zero-order chi connectivity index (χ0) is 25.7. The van der Waals surface area contributed by atoms with Crippen LogP contribution >= 0.6 is 0 Å². The van der Waals surface area contributed by atoms with E-state index in [4.69, 9.17) is 4.74 Å². The summed E-state index contributed by atoms with van der Waals surface area (Å²) in [6.45, 7) is 12.0. The fourth-order valence-electron chi connectivity index (χ4n) is 3.89. The third-order valence-electron chi connectivity index (χ3n) is 5.81. The van der Waals surface area contributed by atoms with Gasteiger partial charge in [0.1, 0.15) is 5.60 Å². The summed E-state index contributed by atoms with van der Waals surface area (Å²) in [5, 5.41) is 2.87. The highest BCUT2D eigenvalue weighted by molar-refractivity contribution is 5.81. The first-order chi connectivity index (χ1) is 15.7. The summed E-state index contributed by atoms with van der Waals surface area (Å²) >= 11 is 0. The highest BCUT2D eigenvalue weighted by atomic mass is 19.4. The van der Waals surface area contributed by atoms with Gasteiger partial charge < -0.3 is 15.0 Å². The number of hydrogen-bond donors (Lipinski definition) is 1. The lowest BCUT2D eigenvalue weighted by Gasteiger charge is -2.33. The minimum atomic E-state index is -4.43. The number of ether oxygens (including phenoxy) is 1. The van der Waals surface area contributed by atoms with Crippen LogP contribution in [0.15, 0.2) is 24.4 Å². The Labute approximate surface area is 199 Å². The number of alkyl halides is 3. The average molecular weight is 484 g/mol. The number of halogens is 3. The molecular weight excluding hydrogens is 447 g/mol. The van der Waals surface area contributed by atoms with E-state index in [1.165, 1.54) is 0 Å². The Kier molecular flexibility index (Phi) is 9.14. The summed E-state index contributed by atoms with van der Waals surface area (Å²) in [6.07, 6.45) is -0.435. The molecule has 1 aliphatic rings. The van der Waals surface area contributed by atoms with Gasteiger partial charge in [0.2, 0.25) is 5.91 Å². The Morgan fingerprint density at radius 1 is 1.24 bits per heavy atom. The van der Waals surface area contributed by atoms with Crippen LogP contribution in [0.25, 0.3) is 5.57 Å². The molecule has 2 atom stereocenters. The van der Waals surface area contributed by atoms with Gasteiger partial charge in [0.05, 0.1) is 11.3 Å². The third-order valence-corrected chi connectivity index (χ3v) is 5.81. The zero-order valence-corrected chi connectivity index (χ0v) is 20.8. The number of pyridine rings is 1. The molecule has 6 nitrogen and oxygen atoms in total. The number of hydrogen-bond acceptors (Lipinski definition) is 4. The first-order valence-electron chi connectivity index (χ1n) is 11.7.